The summed E-state index contributed by atoms with van der Waals surface area (Å²) in [5, 5.41) is 12.7. The lowest BCUT2D eigenvalue weighted by Gasteiger charge is -2.18. The SMILES string of the molecule is c1ccc(-c2cc(NC3CCCCCC3)nnc2-c2ccccc2)cc1. The Balaban J connectivity index is 1.70. The number of nitrogens with one attached hydrogen (secondary N) is 1. The number of benzene rings is 2. The third kappa shape index (κ3) is 3.93. The van der Waals surface area contributed by atoms with Gasteiger partial charge in [0.05, 0.1) is 0 Å². The van der Waals surface area contributed by atoms with Gasteiger partial charge in [-0.05, 0) is 24.5 Å². The zero-order valence-corrected chi connectivity index (χ0v) is 15.1. The van der Waals surface area contributed by atoms with E-state index >= 15 is 0 Å². The lowest BCUT2D eigenvalue weighted by Crippen LogP contribution is -2.19. The van der Waals surface area contributed by atoms with Crippen LogP contribution < -0.4 is 5.32 Å². The second-order valence-corrected chi connectivity index (χ2v) is 7.06. The molecule has 0 spiro atoms. The summed E-state index contributed by atoms with van der Waals surface area (Å²) < 4.78 is 0. The number of hydrogen-bond donors (Lipinski definition) is 1. The van der Waals surface area contributed by atoms with Crippen molar-refractivity contribution in [3.8, 4) is 22.4 Å². The predicted molar refractivity (Wildman–Crippen MR) is 108 cm³/mol. The van der Waals surface area contributed by atoms with Crippen molar-refractivity contribution in [2.75, 3.05) is 5.32 Å². The van der Waals surface area contributed by atoms with Crippen molar-refractivity contribution in [2.24, 2.45) is 0 Å². The molecule has 132 valence electrons. The Morgan fingerprint density at radius 2 is 1.31 bits per heavy atom. The molecule has 0 radical (unpaired) electrons. The lowest BCUT2D eigenvalue weighted by molar-refractivity contribution is 0.616. The van der Waals surface area contributed by atoms with Gasteiger partial charge >= 0.3 is 0 Å². The number of anilines is 1. The predicted octanol–water partition coefficient (Wildman–Crippen LogP) is 5.95. The first-order valence-corrected chi connectivity index (χ1v) is 9.65. The van der Waals surface area contributed by atoms with Gasteiger partial charge in [0.15, 0.2) is 0 Å². The van der Waals surface area contributed by atoms with Gasteiger partial charge in [0.25, 0.3) is 0 Å². The zero-order valence-electron chi connectivity index (χ0n) is 15.1. The quantitative estimate of drug-likeness (QED) is 0.595. The van der Waals surface area contributed by atoms with Crippen molar-refractivity contribution in [1.29, 1.82) is 0 Å². The smallest absolute Gasteiger partial charge is 0.149 e. The van der Waals surface area contributed by atoms with Crippen molar-refractivity contribution >= 4 is 5.82 Å². The minimum absolute atomic E-state index is 0.512. The van der Waals surface area contributed by atoms with Gasteiger partial charge < -0.3 is 5.32 Å². The maximum atomic E-state index is 4.60. The average molecular weight is 343 g/mol. The Labute approximate surface area is 155 Å². The minimum atomic E-state index is 0.512. The molecule has 1 fully saturated rings. The third-order valence-corrected chi connectivity index (χ3v) is 5.13. The molecule has 0 unspecified atom stereocenters. The molecule has 1 aliphatic carbocycles. The molecule has 0 aliphatic heterocycles. The molecule has 4 rings (SSSR count). The summed E-state index contributed by atoms with van der Waals surface area (Å²) in [5.74, 6) is 0.885. The summed E-state index contributed by atoms with van der Waals surface area (Å²) in [6.07, 6.45) is 7.77. The Morgan fingerprint density at radius 1 is 0.692 bits per heavy atom. The van der Waals surface area contributed by atoms with E-state index in [0.29, 0.717) is 6.04 Å². The summed E-state index contributed by atoms with van der Waals surface area (Å²) in [4.78, 5) is 0. The van der Waals surface area contributed by atoms with Gasteiger partial charge in [0.2, 0.25) is 0 Å². The van der Waals surface area contributed by atoms with Crippen molar-refractivity contribution < 1.29 is 0 Å². The highest BCUT2D eigenvalue weighted by Gasteiger charge is 2.15. The normalized spacial score (nSPS) is 15.4. The average Bonchev–Trinajstić information content (AvgIpc) is 2.98. The maximum Gasteiger partial charge on any atom is 0.149 e. The standard InChI is InChI=1S/C23H25N3/c1-2-10-16-20(15-9-1)24-22-17-21(18-11-5-3-6-12-18)23(26-25-22)19-13-7-4-8-14-19/h3-8,11-14,17,20H,1-2,9-10,15-16H2,(H,24,25). The highest BCUT2D eigenvalue weighted by Crippen LogP contribution is 2.32. The summed E-state index contributed by atoms with van der Waals surface area (Å²) in [6.45, 7) is 0. The van der Waals surface area contributed by atoms with E-state index < -0.39 is 0 Å². The van der Waals surface area contributed by atoms with E-state index in [9.17, 15) is 0 Å². The van der Waals surface area contributed by atoms with Crippen LogP contribution >= 0.6 is 0 Å². The van der Waals surface area contributed by atoms with Crippen LogP contribution in [0.1, 0.15) is 38.5 Å². The zero-order chi connectivity index (χ0) is 17.6. The van der Waals surface area contributed by atoms with Gasteiger partial charge in [-0.15, -0.1) is 10.2 Å². The van der Waals surface area contributed by atoms with Crippen LogP contribution in [0.3, 0.4) is 0 Å². The van der Waals surface area contributed by atoms with E-state index in [-0.39, 0.29) is 0 Å². The van der Waals surface area contributed by atoms with Gasteiger partial charge in [-0.25, -0.2) is 0 Å². The largest absolute Gasteiger partial charge is 0.366 e. The van der Waals surface area contributed by atoms with E-state index in [1.165, 1.54) is 44.1 Å². The fourth-order valence-electron chi connectivity index (χ4n) is 3.74. The molecule has 1 aliphatic rings. The Morgan fingerprint density at radius 3 is 1.96 bits per heavy atom. The van der Waals surface area contributed by atoms with E-state index in [1.54, 1.807) is 0 Å². The molecular weight excluding hydrogens is 318 g/mol. The Kier molecular flexibility index (Phi) is 5.25. The van der Waals surface area contributed by atoms with Gasteiger partial charge in [-0.3, -0.25) is 0 Å². The molecule has 3 nitrogen and oxygen atoms in total. The van der Waals surface area contributed by atoms with Crippen LogP contribution in [0.15, 0.2) is 66.7 Å². The third-order valence-electron chi connectivity index (χ3n) is 5.13. The first-order valence-electron chi connectivity index (χ1n) is 9.65. The monoisotopic (exact) mass is 343 g/mol. The van der Waals surface area contributed by atoms with Gasteiger partial charge in [-0.2, -0.15) is 0 Å². The van der Waals surface area contributed by atoms with Crippen LogP contribution in [0.2, 0.25) is 0 Å². The van der Waals surface area contributed by atoms with E-state index in [1.807, 2.05) is 24.3 Å². The highest BCUT2D eigenvalue weighted by atomic mass is 15.2. The molecule has 1 N–H and O–H groups in total. The number of nitrogens with zero attached hydrogens (tertiary/aromatic N) is 2. The topological polar surface area (TPSA) is 37.8 Å². The fraction of sp³-hybridized carbons (Fsp3) is 0.304. The van der Waals surface area contributed by atoms with Crippen LogP contribution in [-0.2, 0) is 0 Å². The molecule has 0 atom stereocenters. The van der Waals surface area contributed by atoms with E-state index in [4.69, 9.17) is 0 Å². The molecule has 1 aromatic heterocycles. The minimum Gasteiger partial charge on any atom is -0.366 e. The van der Waals surface area contributed by atoms with Crippen LogP contribution in [0.4, 0.5) is 5.82 Å². The fourth-order valence-corrected chi connectivity index (χ4v) is 3.74. The van der Waals surface area contributed by atoms with Crippen molar-refractivity contribution in [2.45, 2.75) is 44.6 Å². The molecule has 0 saturated heterocycles. The second-order valence-electron chi connectivity index (χ2n) is 7.06. The van der Waals surface area contributed by atoms with Crippen LogP contribution in [0, 0.1) is 0 Å². The number of aromatic nitrogens is 2. The first-order chi connectivity index (χ1) is 12.9. The van der Waals surface area contributed by atoms with Gasteiger partial charge in [0.1, 0.15) is 11.5 Å². The molecule has 1 saturated carbocycles. The van der Waals surface area contributed by atoms with Crippen molar-refractivity contribution in [1.82, 2.24) is 10.2 Å². The molecule has 3 heteroatoms. The van der Waals surface area contributed by atoms with Crippen LogP contribution in [0.25, 0.3) is 22.4 Å². The summed E-state index contributed by atoms with van der Waals surface area (Å²) >= 11 is 0. The Hall–Kier alpha value is -2.68. The number of hydrogen-bond acceptors (Lipinski definition) is 3. The molecule has 0 bridgehead atoms. The summed E-state index contributed by atoms with van der Waals surface area (Å²) in [7, 11) is 0. The van der Waals surface area contributed by atoms with E-state index in [2.05, 4.69) is 58.0 Å². The summed E-state index contributed by atoms with van der Waals surface area (Å²) in [5.41, 5.74) is 4.33. The van der Waals surface area contributed by atoms with Gasteiger partial charge in [-0.1, -0.05) is 86.3 Å². The highest BCUT2D eigenvalue weighted by molar-refractivity contribution is 5.81. The van der Waals surface area contributed by atoms with Crippen molar-refractivity contribution in [3.63, 3.8) is 0 Å². The van der Waals surface area contributed by atoms with E-state index in [0.717, 1.165) is 22.6 Å². The Bertz CT molecular complexity index is 823. The van der Waals surface area contributed by atoms with Gasteiger partial charge in [0, 0.05) is 17.2 Å². The first kappa shape index (κ1) is 16.8. The number of rotatable bonds is 4. The summed E-state index contributed by atoms with van der Waals surface area (Å²) in [6, 6.07) is 23.4. The van der Waals surface area contributed by atoms with Crippen molar-refractivity contribution in [3.05, 3.63) is 66.7 Å². The molecule has 26 heavy (non-hydrogen) atoms. The molecule has 0 amide bonds. The second kappa shape index (κ2) is 8.13. The van der Waals surface area contributed by atoms with Crippen LogP contribution in [0.5, 0.6) is 0 Å². The maximum absolute atomic E-state index is 4.60. The molecule has 2 aromatic carbocycles. The molecule has 3 aromatic rings. The molecular formula is C23H25N3. The van der Waals surface area contributed by atoms with Crippen LogP contribution in [-0.4, -0.2) is 16.2 Å². The lowest BCUT2D eigenvalue weighted by atomic mass is 10.00. The molecule has 1 heterocycles.